The Morgan fingerprint density at radius 2 is 1.57 bits per heavy atom. The van der Waals surface area contributed by atoms with E-state index < -0.39 is 8.07 Å². The normalized spacial score (nSPS) is 22.7. The monoisotopic (exact) mass is 114 g/mol. The van der Waals surface area contributed by atoms with Gasteiger partial charge in [-0.25, -0.2) is 0 Å². The lowest BCUT2D eigenvalue weighted by molar-refractivity contribution is 1.33. The van der Waals surface area contributed by atoms with Gasteiger partial charge in [0.15, 0.2) is 0 Å². The Kier molecular flexibility index (Phi) is 1.03. The molecule has 0 amide bonds. The Balaban J connectivity index is 2.36. The minimum atomic E-state index is -0.623. The Morgan fingerprint density at radius 1 is 1.14 bits per heavy atom. The largest absolute Gasteiger partial charge is 0.0693 e. The fourth-order valence-electron chi connectivity index (χ4n) is 0.949. The molecule has 1 saturated carbocycles. The first kappa shape index (κ1) is 5.36. The summed E-state index contributed by atoms with van der Waals surface area (Å²) in [6.45, 7) is 7.39. The number of hydrogen-bond donors (Lipinski definition) is 0. The summed E-state index contributed by atoms with van der Waals surface area (Å²) in [5.41, 5.74) is 1.19. The highest BCUT2D eigenvalue weighted by atomic mass is 28.3. The maximum Gasteiger partial charge on any atom is 0.0473 e. The highest BCUT2D eigenvalue weighted by molar-refractivity contribution is 6.78. The molecule has 0 atom stereocenters. The second-order valence-electron chi connectivity index (χ2n) is 3.64. The molecule has 0 N–H and O–H groups in total. The summed E-state index contributed by atoms with van der Waals surface area (Å²) in [5, 5.41) is 0. The lowest BCUT2D eigenvalue weighted by Gasteiger charge is -2.12. The van der Waals surface area contributed by atoms with E-state index in [-0.39, 0.29) is 0 Å². The van der Waals surface area contributed by atoms with Crippen LogP contribution in [0.5, 0.6) is 0 Å². The zero-order valence-electron chi connectivity index (χ0n) is 5.49. The Labute approximate surface area is 46.9 Å². The first-order valence-corrected chi connectivity index (χ1v) is 6.68. The molecule has 0 aromatic rings. The summed E-state index contributed by atoms with van der Waals surface area (Å²) in [4.78, 5) is 0. The lowest BCUT2D eigenvalue weighted by Crippen LogP contribution is -2.18. The average molecular weight is 114 g/mol. The number of rotatable bonds is 1. The molecular weight excluding hydrogens is 100 g/mol. The van der Waals surface area contributed by atoms with E-state index in [9.17, 15) is 0 Å². The van der Waals surface area contributed by atoms with Gasteiger partial charge in [-0.2, -0.15) is 0 Å². The van der Waals surface area contributed by atoms with Gasteiger partial charge in [0.1, 0.15) is 0 Å². The van der Waals surface area contributed by atoms with E-state index in [1.54, 1.807) is 0 Å². The van der Waals surface area contributed by atoms with Crippen LogP contribution in [0.15, 0.2) is 0 Å². The molecule has 0 radical (unpaired) electrons. The SMILES string of the molecule is C[Si](C)(C)C1CC1. The smallest absolute Gasteiger partial charge is 0.0473 e. The Bertz CT molecular complexity index is 66.7. The van der Waals surface area contributed by atoms with Crippen molar-refractivity contribution in [2.24, 2.45) is 0 Å². The van der Waals surface area contributed by atoms with E-state index >= 15 is 0 Å². The maximum atomic E-state index is 2.46. The van der Waals surface area contributed by atoms with Crippen LogP contribution in [-0.4, -0.2) is 8.07 Å². The standard InChI is InChI=1S/C6H14Si/c1-7(2,3)6-4-5-6/h6H,4-5H2,1-3H3. The van der Waals surface area contributed by atoms with Gasteiger partial charge in [0, 0.05) is 8.07 Å². The van der Waals surface area contributed by atoms with Crippen molar-refractivity contribution in [1.29, 1.82) is 0 Å². The van der Waals surface area contributed by atoms with E-state index in [4.69, 9.17) is 0 Å². The van der Waals surface area contributed by atoms with Gasteiger partial charge < -0.3 is 0 Å². The van der Waals surface area contributed by atoms with Crippen LogP contribution in [0.4, 0.5) is 0 Å². The minimum Gasteiger partial charge on any atom is -0.0693 e. The van der Waals surface area contributed by atoms with Gasteiger partial charge in [0.25, 0.3) is 0 Å². The van der Waals surface area contributed by atoms with Crippen molar-refractivity contribution in [1.82, 2.24) is 0 Å². The average Bonchev–Trinajstić information content (AvgIpc) is 1.99. The van der Waals surface area contributed by atoms with Gasteiger partial charge in [-0.3, -0.25) is 0 Å². The first-order chi connectivity index (χ1) is 3.11. The highest BCUT2D eigenvalue weighted by Gasteiger charge is 2.34. The fourth-order valence-corrected chi connectivity index (χ4v) is 2.85. The molecule has 1 rings (SSSR count). The Hall–Kier alpha value is 0.217. The molecule has 0 nitrogen and oxygen atoms in total. The van der Waals surface area contributed by atoms with Crippen LogP contribution in [0.1, 0.15) is 12.8 Å². The summed E-state index contributed by atoms with van der Waals surface area (Å²) < 4.78 is 0. The topological polar surface area (TPSA) is 0 Å². The van der Waals surface area contributed by atoms with E-state index in [2.05, 4.69) is 19.6 Å². The molecule has 0 bridgehead atoms. The third-order valence-electron chi connectivity index (χ3n) is 1.80. The summed E-state index contributed by atoms with van der Waals surface area (Å²) in [6.07, 6.45) is 3.07. The van der Waals surface area contributed by atoms with Gasteiger partial charge in [-0.15, -0.1) is 0 Å². The van der Waals surface area contributed by atoms with Gasteiger partial charge in [-0.1, -0.05) is 32.5 Å². The molecular formula is C6H14Si. The third-order valence-corrected chi connectivity index (χ3v) is 4.83. The molecule has 0 aromatic heterocycles. The van der Waals surface area contributed by atoms with Gasteiger partial charge in [-0.05, 0) is 5.54 Å². The quantitative estimate of drug-likeness (QED) is 0.459. The lowest BCUT2D eigenvalue weighted by atomic mass is 11.0. The molecule has 1 fully saturated rings. The van der Waals surface area contributed by atoms with Crippen molar-refractivity contribution in [3.63, 3.8) is 0 Å². The summed E-state index contributed by atoms with van der Waals surface area (Å²) in [6, 6.07) is 0. The predicted molar refractivity (Wildman–Crippen MR) is 36.3 cm³/mol. The summed E-state index contributed by atoms with van der Waals surface area (Å²) in [5.74, 6) is 0. The predicted octanol–water partition coefficient (Wildman–Crippen LogP) is 2.49. The van der Waals surface area contributed by atoms with E-state index in [0.717, 1.165) is 0 Å². The molecule has 42 valence electrons. The van der Waals surface area contributed by atoms with Crippen molar-refractivity contribution >= 4 is 8.07 Å². The second-order valence-corrected chi connectivity index (χ2v) is 9.19. The molecule has 0 aliphatic heterocycles. The molecule has 0 heterocycles. The van der Waals surface area contributed by atoms with Gasteiger partial charge in [0.2, 0.25) is 0 Å². The van der Waals surface area contributed by atoms with E-state index in [1.165, 1.54) is 18.4 Å². The molecule has 0 saturated heterocycles. The molecule has 0 spiro atoms. The zero-order chi connectivity index (χ0) is 5.49. The van der Waals surface area contributed by atoms with Crippen LogP contribution in [0.25, 0.3) is 0 Å². The van der Waals surface area contributed by atoms with E-state index in [0.29, 0.717) is 0 Å². The fraction of sp³-hybridized carbons (Fsp3) is 1.00. The third kappa shape index (κ3) is 1.30. The van der Waals surface area contributed by atoms with Crippen LogP contribution in [0.3, 0.4) is 0 Å². The summed E-state index contributed by atoms with van der Waals surface area (Å²) in [7, 11) is -0.623. The van der Waals surface area contributed by atoms with Crippen LogP contribution in [-0.2, 0) is 0 Å². The van der Waals surface area contributed by atoms with Crippen LogP contribution in [0, 0.1) is 0 Å². The van der Waals surface area contributed by atoms with Crippen LogP contribution < -0.4 is 0 Å². The molecule has 0 aromatic carbocycles. The molecule has 0 unspecified atom stereocenters. The molecule has 1 aliphatic carbocycles. The van der Waals surface area contributed by atoms with Crippen molar-refractivity contribution in [2.45, 2.75) is 38.0 Å². The van der Waals surface area contributed by atoms with Crippen molar-refractivity contribution < 1.29 is 0 Å². The van der Waals surface area contributed by atoms with Gasteiger partial charge in [0.05, 0.1) is 0 Å². The summed E-state index contributed by atoms with van der Waals surface area (Å²) >= 11 is 0. The van der Waals surface area contributed by atoms with Crippen molar-refractivity contribution in [2.75, 3.05) is 0 Å². The van der Waals surface area contributed by atoms with Crippen molar-refractivity contribution in [3.05, 3.63) is 0 Å². The molecule has 1 heteroatoms. The molecule has 1 aliphatic rings. The number of hydrogen-bond acceptors (Lipinski definition) is 0. The van der Waals surface area contributed by atoms with Crippen molar-refractivity contribution in [3.8, 4) is 0 Å². The van der Waals surface area contributed by atoms with E-state index in [1.807, 2.05) is 0 Å². The minimum absolute atomic E-state index is 0.623. The first-order valence-electron chi connectivity index (χ1n) is 3.11. The maximum absolute atomic E-state index is 2.46. The zero-order valence-corrected chi connectivity index (χ0v) is 6.49. The Morgan fingerprint density at radius 3 is 1.57 bits per heavy atom. The highest BCUT2D eigenvalue weighted by Crippen LogP contribution is 2.44. The van der Waals surface area contributed by atoms with Crippen LogP contribution in [0.2, 0.25) is 25.2 Å². The van der Waals surface area contributed by atoms with Crippen LogP contribution >= 0.6 is 0 Å². The molecule has 7 heavy (non-hydrogen) atoms. The second kappa shape index (κ2) is 1.34. The van der Waals surface area contributed by atoms with Gasteiger partial charge >= 0.3 is 0 Å².